The van der Waals surface area contributed by atoms with Crippen molar-refractivity contribution in [1.82, 2.24) is 21.3 Å². The number of hydrogen-bond acceptors (Lipinski definition) is 9. The molecule has 3 aromatic carbocycles. The average Bonchev–Trinajstić information content (AvgIpc) is 3.70. The monoisotopic (exact) mass is 589 g/mol. The minimum absolute atomic E-state index is 0. The Balaban J connectivity index is 0.00000405. The Morgan fingerprint density at radius 2 is 1.21 bits per heavy atom. The second-order valence-corrected chi connectivity index (χ2v) is 9.77. The Hall–Kier alpha value is -4.77. The molecule has 0 saturated carbocycles. The molecule has 3 aromatic rings. The van der Waals surface area contributed by atoms with Crippen LogP contribution in [0.1, 0.15) is 31.8 Å². The summed E-state index contributed by atoms with van der Waals surface area (Å²) in [6.45, 7) is 4.91. The van der Waals surface area contributed by atoms with E-state index in [1.807, 2.05) is 48.5 Å². The minimum Gasteiger partial charge on any atom is -0.398 e. The summed E-state index contributed by atoms with van der Waals surface area (Å²) >= 11 is 0. The van der Waals surface area contributed by atoms with Crippen LogP contribution in [0.2, 0.25) is 0 Å². The number of nitrogen functional groups attached to an aromatic ring is 1. The molecule has 0 spiro atoms. The summed E-state index contributed by atoms with van der Waals surface area (Å²) in [4.78, 5) is 34.3. The maximum Gasteiger partial charge on any atom is 0.257 e. The molecule has 0 aromatic heterocycles. The molecule has 2 amide bonds. The fourth-order valence-corrected chi connectivity index (χ4v) is 4.51. The van der Waals surface area contributed by atoms with Gasteiger partial charge in [0.1, 0.15) is 0 Å². The summed E-state index contributed by atoms with van der Waals surface area (Å²) in [5.41, 5.74) is 10.7. The molecule has 5 rings (SSSR count). The molecule has 2 heterocycles. The highest BCUT2D eigenvalue weighted by atomic mass is 35.5. The maximum absolute atomic E-state index is 12.9. The van der Waals surface area contributed by atoms with Gasteiger partial charge in [0.2, 0.25) is 0 Å². The zero-order valence-corrected chi connectivity index (χ0v) is 24.0. The normalized spacial score (nSPS) is 13.5. The lowest BCUT2D eigenvalue weighted by Crippen LogP contribution is -2.34. The SMILES string of the molecule is Cl.Nc1cc(C(=O)Nc2ccc(CCNC3=NCCN3)cc2)ccc1C(=O)Nc1ccc(CCNC2=NCCN2)cc1. The third-order valence-electron chi connectivity index (χ3n) is 6.74. The van der Waals surface area contributed by atoms with Crippen LogP contribution in [0.15, 0.2) is 76.7 Å². The highest BCUT2D eigenvalue weighted by Gasteiger charge is 2.14. The van der Waals surface area contributed by atoms with Crippen LogP contribution in [0.4, 0.5) is 17.1 Å². The zero-order chi connectivity index (χ0) is 28.4. The van der Waals surface area contributed by atoms with E-state index in [4.69, 9.17) is 5.73 Å². The third-order valence-corrected chi connectivity index (χ3v) is 6.74. The van der Waals surface area contributed by atoms with Crippen LogP contribution in [-0.4, -0.2) is 63.0 Å². The van der Waals surface area contributed by atoms with Gasteiger partial charge in [0.05, 0.1) is 18.7 Å². The van der Waals surface area contributed by atoms with Crippen molar-refractivity contribution < 1.29 is 9.59 Å². The lowest BCUT2D eigenvalue weighted by molar-refractivity contribution is 0.101. The van der Waals surface area contributed by atoms with E-state index in [9.17, 15) is 9.59 Å². The number of carbonyl (C=O) groups is 2. The zero-order valence-electron chi connectivity index (χ0n) is 23.2. The Bertz CT molecular complexity index is 1440. The van der Waals surface area contributed by atoms with Crippen molar-refractivity contribution in [3.05, 3.63) is 89.0 Å². The number of halogens is 1. The first-order valence-electron chi connectivity index (χ1n) is 13.8. The number of hydrogen-bond donors (Lipinski definition) is 7. The molecular weight excluding hydrogens is 554 g/mol. The summed E-state index contributed by atoms with van der Waals surface area (Å²) < 4.78 is 0. The maximum atomic E-state index is 12.9. The second-order valence-electron chi connectivity index (χ2n) is 9.77. The standard InChI is InChI=1S/C30H35N9O2.ClH/c31-26-19-22(27(40)38-23-6-1-20(2-7-23)11-13-32-29-34-15-16-35-29)5-10-25(26)28(41)39-24-8-3-21(4-9-24)12-14-33-30-36-17-18-37-30;/h1-10,19H,11-18,31H2,(H,38,40)(H,39,41)(H2,32,34,35)(H2,33,36,37);1H. The van der Waals surface area contributed by atoms with Gasteiger partial charge in [-0.1, -0.05) is 24.3 Å². The van der Waals surface area contributed by atoms with Gasteiger partial charge in [-0.05, 0) is 66.4 Å². The van der Waals surface area contributed by atoms with Crippen LogP contribution in [-0.2, 0) is 12.8 Å². The molecular formula is C30H36ClN9O2. The molecule has 0 fully saturated rings. The molecule has 0 unspecified atom stereocenters. The lowest BCUT2D eigenvalue weighted by Gasteiger charge is -2.11. The van der Waals surface area contributed by atoms with E-state index in [1.54, 1.807) is 12.1 Å². The van der Waals surface area contributed by atoms with E-state index < -0.39 is 0 Å². The van der Waals surface area contributed by atoms with Gasteiger partial charge in [-0.15, -0.1) is 12.4 Å². The van der Waals surface area contributed by atoms with Gasteiger partial charge in [0, 0.05) is 48.8 Å². The average molecular weight is 590 g/mol. The number of nitrogens with one attached hydrogen (secondary N) is 6. The number of anilines is 3. The Morgan fingerprint density at radius 1 is 0.714 bits per heavy atom. The van der Waals surface area contributed by atoms with Crippen molar-refractivity contribution >= 4 is 53.2 Å². The van der Waals surface area contributed by atoms with Crippen LogP contribution < -0.4 is 37.6 Å². The van der Waals surface area contributed by atoms with Crippen LogP contribution in [0.5, 0.6) is 0 Å². The number of aliphatic imine (C=N–C) groups is 2. The molecule has 0 bridgehead atoms. The van der Waals surface area contributed by atoms with Crippen LogP contribution in [0.3, 0.4) is 0 Å². The Kier molecular flexibility index (Phi) is 10.6. The minimum atomic E-state index is -0.338. The van der Waals surface area contributed by atoms with E-state index >= 15 is 0 Å². The summed E-state index contributed by atoms with van der Waals surface area (Å²) in [5.74, 6) is 1.05. The number of rotatable bonds is 10. The van der Waals surface area contributed by atoms with Crippen molar-refractivity contribution in [1.29, 1.82) is 0 Å². The van der Waals surface area contributed by atoms with E-state index in [0.717, 1.165) is 75.2 Å². The quantitative estimate of drug-likeness (QED) is 0.179. The lowest BCUT2D eigenvalue weighted by atomic mass is 10.1. The molecule has 0 aliphatic carbocycles. The number of guanidine groups is 2. The summed E-state index contributed by atoms with van der Waals surface area (Å²) in [6.07, 6.45) is 1.67. The second kappa shape index (κ2) is 14.7. The molecule has 220 valence electrons. The molecule has 2 aliphatic heterocycles. The van der Waals surface area contributed by atoms with E-state index in [0.29, 0.717) is 22.5 Å². The van der Waals surface area contributed by atoms with Gasteiger partial charge >= 0.3 is 0 Å². The molecule has 11 nitrogen and oxygen atoms in total. The van der Waals surface area contributed by atoms with Crippen LogP contribution in [0, 0.1) is 0 Å². The summed E-state index contributed by atoms with van der Waals surface area (Å²) in [7, 11) is 0. The van der Waals surface area contributed by atoms with Gasteiger partial charge in [-0.25, -0.2) is 0 Å². The van der Waals surface area contributed by atoms with E-state index in [2.05, 4.69) is 41.9 Å². The van der Waals surface area contributed by atoms with Crippen molar-refractivity contribution in [2.75, 3.05) is 55.6 Å². The van der Waals surface area contributed by atoms with E-state index in [1.165, 1.54) is 6.07 Å². The first-order chi connectivity index (χ1) is 20.0. The Labute approximate surface area is 251 Å². The summed E-state index contributed by atoms with van der Waals surface area (Å²) in [5, 5.41) is 18.7. The third kappa shape index (κ3) is 8.37. The first-order valence-corrected chi connectivity index (χ1v) is 13.8. The van der Waals surface area contributed by atoms with Crippen molar-refractivity contribution in [2.45, 2.75) is 12.8 Å². The number of nitrogens with two attached hydrogens (primary N) is 1. The van der Waals surface area contributed by atoms with Gasteiger partial charge in [-0.2, -0.15) is 0 Å². The van der Waals surface area contributed by atoms with E-state index in [-0.39, 0.29) is 29.9 Å². The molecule has 0 radical (unpaired) electrons. The number of amides is 2. The topological polar surface area (TPSA) is 157 Å². The summed E-state index contributed by atoms with van der Waals surface area (Å²) in [6, 6.07) is 20.1. The first kappa shape index (κ1) is 30.2. The van der Waals surface area contributed by atoms with Gasteiger partial charge in [-0.3, -0.25) is 19.6 Å². The smallest absolute Gasteiger partial charge is 0.257 e. The molecule has 0 atom stereocenters. The predicted molar refractivity (Wildman–Crippen MR) is 171 cm³/mol. The largest absolute Gasteiger partial charge is 0.398 e. The molecule has 8 N–H and O–H groups in total. The molecule has 12 heteroatoms. The number of nitrogens with zero attached hydrogens (tertiary/aromatic N) is 2. The van der Waals surface area contributed by atoms with Gasteiger partial charge < -0.3 is 37.6 Å². The van der Waals surface area contributed by atoms with Crippen molar-refractivity contribution in [3.63, 3.8) is 0 Å². The van der Waals surface area contributed by atoms with Gasteiger partial charge in [0.15, 0.2) is 11.9 Å². The molecule has 0 saturated heterocycles. The van der Waals surface area contributed by atoms with Crippen molar-refractivity contribution in [3.8, 4) is 0 Å². The predicted octanol–water partition coefficient (Wildman–Crippen LogP) is 2.38. The Morgan fingerprint density at radius 3 is 1.67 bits per heavy atom. The van der Waals surface area contributed by atoms with Gasteiger partial charge in [0.25, 0.3) is 11.8 Å². The fraction of sp³-hybridized carbons (Fsp3) is 0.267. The van der Waals surface area contributed by atoms with Crippen LogP contribution >= 0.6 is 12.4 Å². The van der Waals surface area contributed by atoms with Crippen LogP contribution in [0.25, 0.3) is 0 Å². The number of benzene rings is 3. The highest BCUT2D eigenvalue weighted by Crippen LogP contribution is 2.19. The molecule has 2 aliphatic rings. The highest BCUT2D eigenvalue weighted by molar-refractivity contribution is 6.10. The van der Waals surface area contributed by atoms with Crippen molar-refractivity contribution in [2.24, 2.45) is 9.98 Å². The fourth-order valence-electron chi connectivity index (χ4n) is 4.51. The molecule has 42 heavy (non-hydrogen) atoms. The number of carbonyl (C=O) groups excluding carboxylic acids is 2.